The maximum Gasteiger partial charge on any atom is 0.0643 e. The Morgan fingerprint density at radius 1 is 1.25 bits per heavy atom. The molecule has 1 saturated heterocycles. The van der Waals surface area contributed by atoms with Gasteiger partial charge in [-0.05, 0) is 44.7 Å². The standard InChI is InChI=1S/C17H29N3/c1-2-17(11-6-3-7-12-18-17)14-15-10-13-20(19-15)16-8-4-5-9-16/h10,13,16,18H,2-9,11-12,14H2,1H3. The van der Waals surface area contributed by atoms with Gasteiger partial charge in [-0.2, -0.15) is 5.10 Å². The summed E-state index contributed by atoms with van der Waals surface area (Å²) in [5.74, 6) is 0. The van der Waals surface area contributed by atoms with Crippen molar-refractivity contribution in [3.8, 4) is 0 Å². The lowest BCUT2D eigenvalue weighted by molar-refractivity contribution is 0.298. The van der Waals surface area contributed by atoms with Crippen molar-refractivity contribution in [1.82, 2.24) is 15.1 Å². The van der Waals surface area contributed by atoms with Gasteiger partial charge >= 0.3 is 0 Å². The number of hydrogen-bond donors (Lipinski definition) is 1. The van der Waals surface area contributed by atoms with Crippen LogP contribution < -0.4 is 5.32 Å². The Hall–Kier alpha value is -0.830. The van der Waals surface area contributed by atoms with E-state index >= 15 is 0 Å². The molecular formula is C17H29N3. The quantitative estimate of drug-likeness (QED) is 0.904. The highest BCUT2D eigenvalue weighted by Crippen LogP contribution is 2.30. The van der Waals surface area contributed by atoms with Gasteiger partial charge in [0.1, 0.15) is 0 Å². The van der Waals surface area contributed by atoms with Gasteiger partial charge in [-0.25, -0.2) is 0 Å². The summed E-state index contributed by atoms with van der Waals surface area (Å²) in [5.41, 5.74) is 1.58. The van der Waals surface area contributed by atoms with Crippen LogP contribution in [0.5, 0.6) is 0 Å². The van der Waals surface area contributed by atoms with Crippen LogP contribution in [-0.4, -0.2) is 21.9 Å². The van der Waals surface area contributed by atoms with E-state index < -0.39 is 0 Å². The number of nitrogens with one attached hydrogen (secondary N) is 1. The molecule has 0 bridgehead atoms. The molecule has 1 aromatic heterocycles. The zero-order valence-corrected chi connectivity index (χ0v) is 12.9. The second kappa shape index (κ2) is 6.30. The maximum absolute atomic E-state index is 4.89. The van der Waals surface area contributed by atoms with Gasteiger partial charge in [0.05, 0.1) is 11.7 Å². The minimum absolute atomic E-state index is 0.297. The third kappa shape index (κ3) is 3.08. The summed E-state index contributed by atoms with van der Waals surface area (Å²) in [4.78, 5) is 0. The molecule has 3 nitrogen and oxygen atoms in total. The Kier molecular flexibility index (Phi) is 4.45. The highest BCUT2D eigenvalue weighted by molar-refractivity contribution is 5.07. The fourth-order valence-corrected chi connectivity index (χ4v) is 3.98. The molecule has 0 amide bonds. The molecule has 3 rings (SSSR count). The van der Waals surface area contributed by atoms with E-state index in [9.17, 15) is 0 Å². The molecule has 3 heteroatoms. The molecule has 2 heterocycles. The molecule has 20 heavy (non-hydrogen) atoms. The molecule has 1 aliphatic heterocycles. The summed E-state index contributed by atoms with van der Waals surface area (Å²) in [6.07, 6.45) is 15.3. The lowest BCUT2D eigenvalue weighted by Gasteiger charge is -2.32. The van der Waals surface area contributed by atoms with Crippen LogP contribution in [0.3, 0.4) is 0 Å². The van der Waals surface area contributed by atoms with Gasteiger partial charge in [0.15, 0.2) is 0 Å². The van der Waals surface area contributed by atoms with Crippen LogP contribution in [0.25, 0.3) is 0 Å². The normalized spacial score (nSPS) is 28.6. The maximum atomic E-state index is 4.89. The van der Waals surface area contributed by atoms with Crippen LogP contribution >= 0.6 is 0 Å². The smallest absolute Gasteiger partial charge is 0.0643 e. The number of aromatic nitrogens is 2. The van der Waals surface area contributed by atoms with Crippen molar-refractivity contribution in [3.05, 3.63) is 18.0 Å². The van der Waals surface area contributed by atoms with E-state index in [4.69, 9.17) is 5.10 Å². The minimum Gasteiger partial charge on any atom is -0.311 e. The zero-order chi connectivity index (χ0) is 13.8. The molecule has 2 aliphatic rings. The summed E-state index contributed by atoms with van der Waals surface area (Å²) in [5, 5.41) is 8.71. The molecule has 112 valence electrons. The average molecular weight is 275 g/mol. The van der Waals surface area contributed by atoms with E-state index in [-0.39, 0.29) is 0 Å². The Balaban J connectivity index is 1.68. The first kappa shape index (κ1) is 14.1. The molecular weight excluding hydrogens is 246 g/mol. The average Bonchev–Trinajstić information content (AvgIpc) is 3.08. The molecule has 0 radical (unpaired) electrons. The van der Waals surface area contributed by atoms with E-state index in [2.05, 4.69) is 29.2 Å². The Bertz CT molecular complexity index is 410. The third-order valence-electron chi connectivity index (χ3n) is 5.39. The van der Waals surface area contributed by atoms with Gasteiger partial charge in [-0.1, -0.05) is 32.6 Å². The van der Waals surface area contributed by atoms with Crippen LogP contribution in [0.2, 0.25) is 0 Å². The van der Waals surface area contributed by atoms with Crippen LogP contribution in [0, 0.1) is 0 Å². The fourth-order valence-electron chi connectivity index (χ4n) is 3.98. The van der Waals surface area contributed by atoms with Crippen molar-refractivity contribution < 1.29 is 0 Å². The van der Waals surface area contributed by atoms with Gasteiger partial charge in [0, 0.05) is 18.2 Å². The second-order valence-corrected chi connectivity index (χ2v) is 6.77. The van der Waals surface area contributed by atoms with E-state index in [1.807, 2.05) is 0 Å². The monoisotopic (exact) mass is 275 g/mol. The fraction of sp³-hybridized carbons (Fsp3) is 0.824. The molecule has 2 fully saturated rings. The highest BCUT2D eigenvalue weighted by Gasteiger charge is 2.30. The van der Waals surface area contributed by atoms with Gasteiger partial charge in [-0.3, -0.25) is 4.68 Å². The predicted octanol–water partition coefficient (Wildman–Crippen LogP) is 3.85. The van der Waals surface area contributed by atoms with Gasteiger partial charge in [0.25, 0.3) is 0 Å². The summed E-state index contributed by atoms with van der Waals surface area (Å²) in [6.45, 7) is 3.50. The zero-order valence-electron chi connectivity index (χ0n) is 12.9. The SMILES string of the molecule is CCC1(Cc2ccn(C3CCCC3)n2)CCCCCN1. The van der Waals surface area contributed by atoms with Crippen molar-refractivity contribution in [2.24, 2.45) is 0 Å². The van der Waals surface area contributed by atoms with Gasteiger partial charge < -0.3 is 5.32 Å². The molecule has 1 aromatic rings. The minimum atomic E-state index is 0.297. The summed E-state index contributed by atoms with van der Waals surface area (Å²) in [7, 11) is 0. The molecule has 1 N–H and O–H groups in total. The van der Waals surface area contributed by atoms with Crippen LogP contribution in [0.4, 0.5) is 0 Å². The Labute approximate surface area is 123 Å². The van der Waals surface area contributed by atoms with E-state index in [1.54, 1.807) is 0 Å². The largest absolute Gasteiger partial charge is 0.311 e. The summed E-state index contributed by atoms with van der Waals surface area (Å²) in [6, 6.07) is 2.92. The third-order valence-corrected chi connectivity index (χ3v) is 5.39. The topological polar surface area (TPSA) is 29.9 Å². The Morgan fingerprint density at radius 2 is 2.10 bits per heavy atom. The predicted molar refractivity (Wildman–Crippen MR) is 82.9 cm³/mol. The molecule has 1 atom stereocenters. The lowest BCUT2D eigenvalue weighted by atomic mass is 9.86. The molecule has 0 spiro atoms. The van der Waals surface area contributed by atoms with Gasteiger partial charge in [0.2, 0.25) is 0 Å². The summed E-state index contributed by atoms with van der Waals surface area (Å²) >= 11 is 0. The van der Waals surface area contributed by atoms with Crippen molar-refractivity contribution in [3.63, 3.8) is 0 Å². The van der Waals surface area contributed by atoms with Crippen LogP contribution in [-0.2, 0) is 6.42 Å². The van der Waals surface area contributed by atoms with Crippen molar-refractivity contribution in [1.29, 1.82) is 0 Å². The van der Waals surface area contributed by atoms with E-state index in [0.717, 1.165) is 6.42 Å². The second-order valence-electron chi connectivity index (χ2n) is 6.77. The molecule has 0 aromatic carbocycles. The first-order chi connectivity index (χ1) is 9.81. The molecule has 1 aliphatic carbocycles. The molecule has 1 unspecified atom stereocenters. The van der Waals surface area contributed by atoms with Crippen molar-refractivity contribution in [2.75, 3.05) is 6.54 Å². The van der Waals surface area contributed by atoms with Crippen molar-refractivity contribution in [2.45, 2.75) is 82.7 Å². The Morgan fingerprint density at radius 3 is 2.90 bits per heavy atom. The first-order valence-electron chi connectivity index (χ1n) is 8.60. The van der Waals surface area contributed by atoms with E-state index in [0.29, 0.717) is 11.6 Å². The van der Waals surface area contributed by atoms with Crippen LogP contribution in [0.1, 0.15) is 76.4 Å². The first-order valence-corrected chi connectivity index (χ1v) is 8.60. The lowest BCUT2D eigenvalue weighted by Crippen LogP contribution is -2.46. The van der Waals surface area contributed by atoms with E-state index in [1.165, 1.54) is 70.0 Å². The van der Waals surface area contributed by atoms with Crippen molar-refractivity contribution >= 4 is 0 Å². The number of rotatable bonds is 4. The van der Waals surface area contributed by atoms with Gasteiger partial charge in [-0.15, -0.1) is 0 Å². The number of hydrogen-bond acceptors (Lipinski definition) is 2. The van der Waals surface area contributed by atoms with Crippen LogP contribution in [0.15, 0.2) is 12.3 Å². The summed E-state index contributed by atoms with van der Waals surface area (Å²) < 4.78 is 2.24. The highest BCUT2D eigenvalue weighted by atomic mass is 15.3. The number of nitrogens with zero attached hydrogens (tertiary/aromatic N) is 2. The molecule has 1 saturated carbocycles.